The van der Waals surface area contributed by atoms with Crippen molar-refractivity contribution in [3.63, 3.8) is 0 Å². The number of imide groups is 1. The van der Waals surface area contributed by atoms with Crippen LogP contribution < -0.4 is 0 Å². The summed E-state index contributed by atoms with van der Waals surface area (Å²) in [5.74, 6) is -0.286. The molecule has 4 heteroatoms. The van der Waals surface area contributed by atoms with E-state index >= 15 is 0 Å². The molecule has 4 atom stereocenters. The standard InChI is InChI=1S/C27H21NO3/c29-26-24-20-13-14-21(25(24)27(30)28(26)16-19-12-7-15-31-19)23(20)22(17-8-3-1-4-9-17)18-10-5-2-6-11-18/h1-15,20-21,24-25H,16H2/t20-,21+,24-,25-/m0/s1. The second kappa shape index (κ2) is 6.95. The Kier molecular flexibility index (Phi) is 4.06. The maximum absolute atomic E-state index is 13.4. The number of allylic oxidation sites excluding steroid dienone is 3. The lowest BCUT2D eigenvalue weighted by molar-refractivity contribution is -0.141. The first-order valence-electron chi connectivity index (χ1n) is 10.6. The van der Waals surface area contributed by atoms with Gasteiger partial charge in [-0.25, -0.2) is 0 Å². The minimum absolute atomic E-state index is 0.0523. The van der Waals surface area contributed by atoms with Gasteiger partial charge in [0.1, 0.15) is 5.76 Å². The van der Waals surface area contributed by atoms with E-state index in [1.54, 1.807) is 18.4 Å². The van der Waals surface area contributed by atoms with Crippen LogP contribution in [0.25, 0.3) is 5.57 Å². The number of hydrogen-bond donors (Lipinski definition) is 0. The molecule has 3 aromatic rings. The first-order chi connectivity index (χ1) is 15.2. The summed E-state index contributed by atoms with van der Waals surface area (Å²) in [6.45, 7) is 0.209. The number of benzene rings is 2. The van der Waals surface area contributed by atoms with Gasteiger partial charge >= 0.3 is 0 Å². The number of rotatable bonds is 4. The average Bonchev–Trinajstić information content (AvgIpc) is 3.58. The molecule has 2 heterocycles. The van der Waals surface area contributed by atoms with Gasteiger partial charge in [0, 0.05) is 11.8 Å². The molecule has 1 saturated carbocycles. The predicted molar refractivity (Wildman–Crippen MR) is 116 cm³/mol. The summed E-state index contributed by atoms with van der Waals surface area (Å²) < 4.78 is 5.39. The van der Waals surface area contributed by atoms with Crippen LogP contribution in [0, 0.1) is 23.7 Å². The monoisotopic (exact) mass is 407 g/mol. The third-order valence-corrected chi connectivity index (χ3v) is 6.81. The Labute approximate surface area is 180 Å². The molecular weight excluding hydrogens is 386 g/mol. The predicted octanol–water partition coefficient (Wildman–Crippen LogP) is 4.70. The highest BCUT2D eigenvalue weighted by Gasteiger charge is 2.62. The van der Waals surface area contributed by atoms with Crippen LogP contribution in [0.1, 0.15) is 16.9 Å². The zero-order valence-electron chi connectivity index (χ0n) is 16.8. The van der Waals surface area contributed by atoms with Crippen molar-refractivity contribution in [1.82, 2.24) is 4.90 Å². The van der Waals surface area contributed by atoms with Crippen molar-refractivity contribution in [2.75, 3.05) is 0 Å². The Morgan fingerprint density at radius 3 is 1.77 bits per heavy atom. The van der Waals surface area contributed by atoms with Gasteiger partial charge in [0.05, 0.1) is 24.6 Å². The minimum Gasteiger partial charge on any atom is -0.467 e. The van der Waals surface area contributed by atoms with Gasteiger partial charge in [-0.15, -0.1) is 0 Å². The van der Waals surface area contributed by atoms with E-state index in [-0.39, 0.29) is 42.0 Å². The molecule has 4 nitrogen and oxygen atoms in total. The van der Waals surface area contributed by atoms with Crippen molar-refractivity contribution in [1.29, 1.82) is 0 Å². The van der Waals surface area contributed by atoms with Gasteiger partial charge in [-0.3, -0.25) is 14.5 Å². The molecule has 0 unspecified atom stereocenters. The van der Waals surface area contributed by atoms with Gasteiger partial charge in [-0.2, -0.15) is 0 Å². The van der Waals surface area contributed by atoms with Gasteiger partial charge in [0.15, 0.2) is 0 Å². The molecule has 2 aliphatic carbocycles. The number of hydrogen-bond acceptors (Lipinski definition) is 3. The quantitative estimate of drug-likeness (QED) is 0.465. The van der Waals surface area contributed by atoms with Crippen LogP contribution in [0.3, 0.4) is 0 Å². The van der Waals surface area contributed by atoms with Crippen molar-refractivity contribution in [3.05, 3.63) is 114 Å². The van der Waals surface area contributed by atoms with Crippen LogP contribution in [0.5, 0.6) is 0 Å². The van der Waals surface area contributed by atoms with Crippen LogP contribution in [0.2, 0.25) is 0 Å². The summed E-state index contributed by atoms with van der Waals surface area (Å²) in [4.78, 5) is 28.1. The van der Waals surface area contributed by atoms with Crippen molar-refractivity contribution in [2.24, 2.45) is 23.7 Å². The number of amides is 2. The van der Waals surface area contributed by atoms with Gasteiger partial charge in [0.25, 0.3) is 0 Å². The van der Waals surface area contributed by atoms with Crippen molar-refractivity contribution < 1.29 is 14.0 Å². The number of carbonyl (C=O) groups is 2. The fourth-order valence-electron chi connectivity index (χ4n) is 5.58. The molecule has 3 aliphatic rings. The molecule has 152 valence electrons. The summed E-state index contributed by atoms with van der Waals surface area (Å²) in [6, 6.07) is 24.2. The summed E-state index contributed by atoms with van der Waals surface area (Å²) in [5, 5.41) is 0. The largest absolute Gasteiger partial charge is 0.467 e. The fourth-order valence-corrected chi connectivity index (χ4v) is 5.58. The average molecular weight is 407 g/mol. The maximum Gasteiger partial charge on any atom is 0.234 e. The molecule has 2 bridgehead atoms. The highest BCUT2D eigenvalue weighted by Crippen LogP contribution is 2.58. The third-order valence-electron chi connectivity index (χ3n) is 6.81. The topological polar surface area (TPSA) is 50.5 Å². The van der Waals surface area contributed by atoms with Gasteiger partial charge in [-0.05, 0) is 34.4 Å². The maximum atomic E-state index is 13.4. The zero-order valence-corrected chi connectivity index (χ0v) is 16.8. The molecule has 1 aliphatic heterocycles. The Morgan fingerprint density at radius 2 is 1.29 bits per heavy atom. The Hall–Kier alpha value is -3.66. The van der Waals surface area contributed by atoms with E-state index in [4.69, 9.17) is 4.42 Å². The molecule has 2 aromatic carbocycles. The highest BCUT2D eigenvalue weighted by molar-refractivity contribution is 6.08. The second-order valence-corrected chi connectivity index (χ2v) is 8.39. The van der Waals surface area contributed by atoms with Crippen molar-refractivity contribution in [2.45, 2.75) is 6.54 Å². The zero-order chi connectivity index (χ0) is 20.9. The minimum atomic E-state index is -0.324. The second-order valence-electron chi connectivity index (χ2n) is 8.39. The summed E-state index contributed by atoms with van der Waals surface area (Å²) in [7, 11) is 0. The summed E-state index contributed by atoms with van der Waals surface area (Å²) in [5.41, 5.74) is 4.59. The molecule has 0 spiro atoms. The van der Waals surface area contributed by atoms with E-state index in [2.05, 4.69) is 36.4 Å². The van der Waals surface area contributed by atoms with Crippen LogP contribution in [-0.4, -0.2) is 16.7 Å². The molecule has 31 heavy (non-hydrogen) atoms. The number of nitrogens with zero attached hydrogens (tertiary/aromatic N) is 1. The molecule has 6 rings (SSSR count). The summed E-state index contributed by atoms with van der Waals surface area (Å²) >= 11 is 0. The van der Waals surface area contributed by atoms with E-state index in [9.17, 15) is 9.59 Å². The van der Waals surface area contributed by atoms with E-state index in [1.807, 2.05) is 36.4 Å². The Balaban J connectivity index is 1.45. The van der Waals surface area contributed by atoms with Gasteiger partial charge in [-0.1, -0.05) is 72.8 Å². The number of carbonyl (C=O) groups excluding carboxylic acids is 2. The van der Waals surface area contributed by atoms with Gasteiger partial charge in [0.2, 0.25) is 11.8 Å². The van der Waals surface area contributed by atoms with Crippen LogP contribution in [0.4, 0.5) is 0 Å². The molecule has 1 saturated heterocycles. The normalized spacial score (nSPS) is 26.1. The highest BCUT2D eigenvalue weighted by atomic mass is 16.3. The first kappa shape index (κ1) is 18.1. The van der Waals surface area contributed by atoms with Crippen LogP contribution in [0.15, 0.2) is 101 Å². The molecule has 1 aromatic heterocycles. The Morgan fingerprint density at radius 1 is 0.742 bits per heavy atom. The Bertz CT molecular complexity index is 1130. The van der Waals surface area contributed by atoms with Crippen LogP contribution in [-0.2, 0) is 16.1 Å². The van der Waals surface area contributed by atoms with Crippen molar-refractivity contribution >= 4 is 17.4 Å². The fraction of sp³-hybridized carbons (Fsp3) is 0.185. The lowest BCUT2D eigenvalue weighted by Crippen LogP contribution is -2.32. The lowest BCUT2D eigenvalue weighted by Gasteiger charge is -2.21. The molecule has 0 radical (unpaired) electrons. The molecule has 2 fully saturated rings. The van der Waals surface area contributed by atoms with E-state index in [0.29, 0.717) is 5.76 Å². The molecule has 2 amide bonds. The smallest absolute Gasteiger partial charge is 0.234 e. The number of furan rings is 1. The van der Waals surface area contributed by atoms with Crippen molar-refractivity contribution in [3.8, 4) is 0 Å². The first-order valence-corrected chi connectivity index (χ1v) is 10.6. The number of likely N-dealkylation sites (tertiary alicyclic amines) is 1. The summed E-state index contributed by atoms with van der Waals surface area (Å²) in [6.07, 6.45) is 5.84. The van der Waals surface area contributed by atoms with E-state index in [1.165, 1.54) is 10.5 Å². The third kappa shape index (κ3) is 2.68. The SMILES string of the molecule is O=C1[C@@H]2[C@@H](C(=O)N1Cc1ccco1)[C@H]1C=C[C@@H]2C1=C(c1ccccc1)c1ccccc1. The van der Waals surface area contributed by atoms with Gasteiger partial charge < -0.3 is 4.42 Å². The number of fused-ring (bicyclic) bond motifs is 5. The van der Waals surface area contributed by atoms with E-state index in [0.717, 1.165) is 16.7 Å². The van der Waals surface area contributed by atoms with Crippen LogP contribution >= 0.6 is 0 Å². The lowest BCUT2D eigenvalue weighted by atomic mass is 9.85. The van der Waals surface area contributed by atoms with E-state index < -0.39 is 0 Å². The molecule has 0 N–H and O–H groups in total. The molecular formula is C27H21NO3.